The van der Waals surface area contributed by atoms with E-state index in [1.165, 1.54) is 30.6 Å². The summed E-state index contributed by atoms with van der Waals surface area (Å²) in [6.45, 7) is 0.939. The van der Waals surface area contributed by atoms with Gasteiger partial charge in [-0.3, -0.25) is 10.1 Å². The molecular weight excluding hydrogens is 482 g/mol. The number of nitrogens with one attached hydrogen (secondary N) is 2. The number of ether oxygens (including phenoxy) is 2. The molecule has 4 aromatic rings. The van der Waals surface area contributed by atoms with E-state index >= 15 is 0 Å². The fourth-order valence-corrected chi connectivity index (χ4v) is 7.06. The molecule has 1 fully saturated rings. The van der Waals surface area contributed by atoms with Gasteiger partial charge in [0.25, 0.3) is 11.9 Å². The van der Waals surface area contributed by atoms with Gasteiger partial charge in [-0.2, -0.15) is 5.21 Å². The highest BCUT2D eigenvalue weighted by atomic mass is 32.2. The lowest BCUT2D eigenvalue weighted by molar-refractivity contribution is 0.102. The number of amides is 1. The van der Waals surface area contributed by atoms with Crippen LogP contribution in [-0.2, 0) is 18.0 Å². The lowest BCUT2D eigenvalue weighted by Gasteiger charge is -2.21. The van der Waals surface area contributed by atoms with Gasteiger partial charge in [0.15, 0.2) is 0 Å². The number of hydrogen-bond donors (Lipinski definition) is 2. The first-order valence-electron chi connectivity index (χ1n) is 11.7. The van der Waals surface area contributed by atoms with Crippen molar-refractivity contribution in [3.63, 3.8) is 0 Å². The van der Waals surface area contributed by atoms with Crippen LogP contribution >= 0.6 is 23.1 Å². The Labute approximate surface area is 211 Å². The van der Waals surface area contributed by atoms with Crippen molar-refractivity contribution in [2.45, 2.75) is 55.5 Å². The molecule has 1 saturated carbocycles. The van der Waals surface area contributed by atoms with E-state index in [1.807, 2.05) is 36.4 Å². The van der Waals surface area contributed by atoms with E-state index in [1.54, 1.807) is 18.9 Å². The molecule has 0 bridgehead atoms. The van der Waals surface area contributed by atoms with Crippen LogP contribution in [0.5, 0.6) is 5.75 Å². The molecule has 2 aromatic heterocycles. The first-order chi connectivity index (χ1) is 17.2. The average Bonchev–Trinajstić information content (AvgIpc) is 3.52. The van der Waals surface area contributed by atoms with Crippen molar-refractivity contribution in [1.82, 2.24) is 20.6 Å². The smallest absolute Gasteiger partial charge is 0.270 e. The standard InChI is InChI=1S/C25H27N5O3S2/c1-32-20-13-19-21(12-17(20)15-33-14-16-8-4-2-5-9-16)35-23(24(31)26-25-27-29-30-28-25)22(19)34-18-10-6-3-7-11-18/h2,4-5,8-9,12-13,18H,3,6-7,10-11,14-15H2,1H3,(H2,26,27,28,29,30,31). The number of tetrazole rings is 1. The van der Waals surface area contributed by atoms with Crippen molar-refractivity contribution < 1.29 is 14.3 Å². The molecular formula is C25H27N5O3S2. The molecule has 1 amide bonds. The molecule has 0 unspecified atom stereocenters. The largest absolute Gasteiger partial charge is 0.496 e. The maximum absolute atomic E-state index is 13.2. The predicted molar refractivity (Wildman–Crippen MR) is 138 cm³/mol. The predicted octanol–water partition coefficient (Wildman–Crippen LogP) is 5.82. The summed E-state index contributed by atoms with van der Waals surface area (Å²) < 4.78 is 12.8. The molecule has 0 atom stereocenters. The number of carbonyl (C=O) groups is 1. The van der Waals surface area contributed by atoms with Gasteiger partial charge in [-0.15, -0.1) is 28.2 Å². The minimum Gasteiger partial charge on any atom is -0.496 e. The molecule has 1 aliphatic rings. The quantitative estimate of drug-likeness (QED) is 0.293. The zero-order valence-corrected chi connectivity index (χ0v) is 21.1. The number of aromatic amines is 1. The fourth-order valence-electron chi connectivity index (χ4n) is 4.29. The second-order valence-electron chi connectivity index (χ2n) is 8.47. The molecule has 2 N–H and O–H groups in total. The van der Waals surface area contributed by atoms with Gasteiger partial charge in [-0.25, -0.2) is 0 Å². The number of H-pyrrole nitrogens is 1. The number of carbonyl (C=O) groups excluding carboxylic acids is 1. The summed E-state index contributed by atoms with van der Waals surface area (Å²) in [5.41, 5.74) is 2.08. The van der Waals surface area contributed by atoms with E-state index in [9.17, 15) is 4.79 Å². The van der Waals surface area contributed by atoms with Crippen LogP contribution in [0.4, 0.5) is 5.95 Å². The first-order valence-corrected chi connectivity index (χ1v) is 13.4. The highest BCUT2D eigenvalue weighted by Gasteiger charge is 2.25. The Bertz CT molecular complexity index is 1270. The Morgan fingerprint density at radius 1 is 1.17 bits per heavy atom. The molecule has 0 spiro atoms. The minimum atomic E-state index is -0.230. The number of methoxy groups -OCH3 is 1. The minimum absolute atomic E-state index is 0.161. The van der Waals surface area contributed by atoms with E-state index in [0.717, 1.165) is 44.7 Å². The number of hydrogen-bond acceptors (Lipinski definition) is 8. The van der Waals surface area contributed by atoms with Crippen molar-refractivity contribution in [2.75, 3.05) is 12.4 Å². The lowest BCUT2D eigenvalue weighted by atomic mass is 10.0. The summed E-state index contributed by atoms with van der Waals surface area (Å²) in [6.07, 6.45) is 6.08. The third-order valence-electron chi connectivity index (χ3n) is 6.03. The summed E-state index contributed by atoms with van der Waals surface area (Å²) in [5, 5.41) is 17.9. The van der Waals surface area contributed by atoms with Gasteiger partial charge in [0.2, 0.25) is 0 Å². The van der Waals surface area contributed by atoms with E-state index in [0.29, 0.717) is 23.3 Å². The van der Waals surface area contributed by atoms with Crippen molar-refractivity contribution in [1.29, 1.82) is 0 Å². The van der Waals surface area contributed by atoms with Crippen LogP contribution in [0.25, 0.3) is 10.1 Å². The van der Waals surface area contributed by atoms with Crippen LogP contribution in [0, 0.1) is 0 Å². The third-order valence-corrected chi connectivity index (χ3v) is 8.77. The van der Waals surface area contributed by atoms with Gasteiger partial charge >= 0.3 is 0 Å². The average molecular weight is 510 g/mol. The van der Waals surface area contributed by atoms with Crippen molar-refractivity contribution in [3.8, 4) is 5.75 Å². The van der Waals surface area contributed by atoms with E-state index in [2.05, 4.69) is 32.0 Å². The monoisotopic (exact) mass is 509 g/mol. The zero-order valence-electron chi connectivity index (χ0n) is 19.5. The number of aromatic nitrogens is 4. The summed E-state index contributed by atoms with van der Waals surface area (Å²) in [4.78, 5) is 14.9. The maximum Gasteiger partial charge on any atom is 0.270 e. The van der Waals surface area contributed by atoms with E-state index in [4.69, 9.17) is 9.47 Å². The van der Waals surface area contributed by atoms with Crippen LogP contribution in [0.2, 0.25) is 0 Å². The molecule has 182 valence electrons. The van der Waals surface area contributed by atoms with E-state index < -0.39 is 0 Å². The van der Waals surface area contributed by atoms with Crippen LogP contribution in [0.1, 0.15) is 52.9 Å². The van der Waals surface area contributed by atoms with Crippen LogP contribution in [0.3, 0.4) is 0 Å². The Kier molecular flexibility index (Phi) is 7.60. The van der Waals surface area contributed by atoms with Crippen LogP contribution < -0.4 is 10.1 Å². The second kappa shape index (κ2) is 11.2. The topological polar surface area (TPSA) is 102 Å². The van der Waals surface area contributed by atoms with Gasteiger partial charge in [-0.05, 0) is 35.8 Å². The normalized spacial score (nSPS) is 14.3. The molecule has 0 radical (unpaired) electrons. The number of fused-ring (bicyclic) bond motifs is 1. The first kappa shape index (κ1) is 23.8. The van der Waals surface area contributed by atoms with E-state index in [-0.39, 0.29) is 11.9 Å². The fraction of sp³-hybridized carbons (Fsp3) is 0.360. The number of thioether (sulfide) groups is 1. The molecule has 0 saturated heterocycles. The highest BCUT2D eigenvalue weighted by Crippen LogP contribution is 2.45. The molecule has 1 aliphatic carbocycles. The van der Waals surface area contributed by atoms with Gasteiger partial charge < -0.3 is 9.47 Å². The molecule has 8 nitrogen and oxygen atoms in total. The summed E-state index contributed by atoms with van der Waals surface area (Å²) in [5.74, 6) is 0.694. The molecule has 10 heteroatoms. The third kappa shape index (κ3) is 5.66. The number of rotatable bonds is 9. The molecule has 5 rings (SSSR count). The van der Waals surface area contributed by atoms with Crippen molar-refractivity contribution in [2.24, 2.45) is 0 Å². The maximum atomic E-state index is 13.2. The number of nitrogens with zero attached hydrogens (tertiary/aromatic N) is 3. The lowest BCUT2D eigenvalue weighted by Crippen LogP contribution is -2.13. The Morgan fingerprint density at radius 2 is 2.00 bits per heavy atom. The van der Waals surface area contributed by atoms with Crippen LogP contribution in [-0.4, -0.2) is 38.9 Å². The molecule has 35 heavy (non-hydrogen) atoms. The summed E-state index contributed by atoms with van der Waals surface area (Å²) >= 11 is 3.28. The van der Waals surface area contributed by atoms with Gasteiger partial charge in [0, 0.05) is 25.8 Å². The molecule has 0 aliphatic heterocycles. The van der Waals surface area contributed by atoms with Gasteiger partial charge in [-0.1, -0.05) is 54.7 Å². The van der Waals surface area contributed by atoms with Gasteiger partial charge in [0.05, 0.1) is 20.3 Å². The Hall–Kier alpha value is -2.95. The van der Waals surface area contributed by atoms with Crippen LogP contribution in [0.15, 0.2) is 47.4 Å². The second-order valence-corrected chi connectivity index (χ2v) is 10.8. The SMILES string of the molecule is COc1cc2c(SC3CCCCC3)c(C(=O)Nc3nn[nH]n3)sc2cc1COCc1ccccc1. The number of benzene rings is 2. The van der Waals surface area contributed by atoms with Gasteiger partial charge in [0.1, 0.15) is 10.6 Å². The Balaban J connectivity index is 1.45. The number of thiophene rings is 1. The molecule has 2 aromatic carbocycles. The molecule has 2 heterocycles. The summed E-state index contributed by atoms with van der Waals surface area (Å²) in [6, 6.07) is 14.2. The Morgan fingerprint density at radius 3 is 2.74 bits per heavy atom. The zero-order chi connectivity index (χ0) is 24.0. The van der Waals surface area contributed by atoms with Crippen molar-refractivity contribution >= 4 is 45.0 Å². The number of anilines is 1. The summed E-state index contributed by atoms with van der Waals surface area (Å²) in [7, 11) is 1.67. The highest BCUT2D eigenvalue weighted by molar-refractivity contribution is 8.00. The van der Waals surface area contributed by atoms with Crippen molar-refractivity contribution in [3.05, 3.63) is 58.5 Å².